The Hall–Kier alpha value is -3.52. The average Bonchev–Trinajstić information content (AvgIpc) is 3.12. The quantitative estimate of drug-likeness (QED) is 0.194. The van der Waals surface area contributed by atoms with Gasteiger partial charge in [-0.25, -0.2) is 0 Å². The number of aliphatic hydroxyl groups excluding tert-OH is 1. The fourth-order valence-corrected chi connectivity index (χ4v) is 4.37. The summed E-state index contributed by atoms with van der Waals surface area (Å²) in [5, 5.41) is 11.4. The zero-order chi connectivity index (χ0) is 27.1. The molecule has 0 aliphatic carbocycles. The number of carbonyl (C=O) groups excluding carboxylic acids is 2. The number of Topliss-reactive ketones (excluding diaryl/α,β-unsaturated/α-hetero) is 1. The standard InChI is InChI=1S/C29H38N2O6/c1-7-9-16-37-23-13-10-20(18-24(23)35-6)26-25(28(33)29(34)31(26)15-14-30(4)5)27(32)22-12-11-21(36-8-2)17-19(22)3/h10-13,17-18,26,32H,7-9,14-16H2,1-6H3/b27-25+. The lowest BCUT2D eigenvalue weighted by atomic mass is 9.93. The molecule has 0 saturated carbocycles. The molecule has 0 radical (unpaired) electrons. The molecule has 2 aromatic carbocycles. The topological polar surface area (TPSA) is 88.5 Å². The number of unbranched alkanes of at least 4 members (excludes halogenated alkanes) is 1. The largest absolute Gasteiger partial charge is 0.507 e. The zero-order valence-electron chi connectivity index (χ0n) is 22.7. The van der Waals surface area contributed by atoms with E-state index >= 15 is 0 Å². The maximum Gasteiger partial charge on any atom is 0.295 e. The van der Waals surface area contributed by atoms with Gasteiger partial charge in [0, 0.05) is 18.7 Å². The van der Waals surface area contributed by atoms with Crippen LogP contribution in [0.1, 0.15) is 49.4 Å². The van der Waals surface area contributed by atoms with E-state index in [1.54, 1.807) is 37.4 Å². The van der Waals surface area contributed by atoms with Crippen molar-refractivity contribution < 1.29 is 28.9 Å². The highest BCUT2D eigenvalue weighted by Gasteiger charge is 2.46. The van der Waals surface area contributed by atoms with E-state index in [-0.39, 0.29) is 11.3 Å². The van der Waals surface area contributed by atoms with Crippen LogP contribution >= 0.6 is 0 Å². The Bertz CT molecular complexity index is 1160. The van der Waals surface area contributed by atoms with Gasteiger partial charge in [-0.15, -0.1) is 0 Å². The van der Waals surface area contributed by atoms with Crippen LogP contribution in [0.15, 0.2) is 42.0 Å². The lowest BCUT2D eigenvalue weighted by Crippen LogP contribution is -2.35. The maximum atomic E-state index is 13.3. The second-order valence-corrected chi connectivity index (χ2v) is 9.32. The highest BCUT2D eigenvalue weighted by atomic mass is 16.5. The average molecular weight is 511 g/mol. The van der Waals surface area contributed by atoms with Crippen LogP contribution in [0, 0.1) is 6.92 Å². The molecule has 8 nitrogen and oxygen atoms in total. The lowest BCUT2D eigenvalue weighted by molar-refractivity contribution is -0.140. The van der Waals surface area contributed by atoms with Gasteiger partial charge in [0.15, 0.2) is 11.5 Å². The molecule has 1 heterocycles. The number of likely N-dealkylation sites (N-methyl/N-ethyl adjacent to an activating group) is 1. The van der Waals surface area contributed by atoms with Crippen LogP contribution < -0.4 is 14.2 Å². The van der Waals surface area contributed by atoms with Gasteiger partial charge in [-0.2, -0.15) is 0 Å². The number of likely N-dealkylation sites (tertiary alicyclic amines) is 1. The molecule has 1 N–H and O–H groups in total. The van der Waals surface area contributed by atoms with Crippen molar-refractivity contribution in [1.29, 1.82) is 0 Å². The normalized spacial score (nSPS) is 16.9. The Morgan fingerprint density at radius 1 is 1.05 bits per heavy atom. The maximum absolute atomic E-state index is 13.3. The molecule has 1 unspecified atom stereocenters. The van der Waals surface area contributed by atoms with Crippen molar-refractivity contribution in [1.82, 2.24) is 9.80 Å². The minimum atomic E-state index is -0.774. The third kappa shape index (κ3) is 6.25. The number of aryl methyl sites for hydroxylation is 1. The number of aliphatic hydroxyl groups is 1. The summed E-state index contributed by atoms with van der Waals surface area (Å²) in [4.78, 5) is 30.0. The van der Waals surface area contributed by atoms with Gasteiger partial charge in [-0.1, -0.05) is 19.4 Å². The number of benzene rings is 2. The van der Waals surface area contributed by atoms with E-state index < -0.39 is 17.7 Å². The van der Waals surface area contributed by atoms with Gasteiger partial charge >= 0.3 is 0 Å². The Morgan fingerprint density at radius 3 is 2.43 bits per heavy atom. The van der Waals surface area contributed by atoms with Gasteiger partial charge in [-0.05, 0) is 75.8 Å². The van der Waals surface area contributed by atoms with E-state index in [9.17, 15) is 14.7 Å². The summed E-state index contributed by atoms with van der Waals surface area (Å²) in [6.45, 7) is 7.77. The summed E-state index contributed by atoms with van der Waals surface area (Å²) in [6.07, 6.45) is 1.92. The molecule has 1 aliphatic rings. The number of ketones is 1. The number of rotatable bonds is 12. The van der Waals surface area contributed by atoms with Crippen molar-refractivity contribution in [2.24, 2.45) is 0 Å². The fourth-order valence-electron chi connectivity index (χ4n) is 4.37. The fraction of sp³-hybridized carbons (Fsp3) is 0.448. The van der Waals surface area contributed by atoms with Crippen molar-refractivity contribution in [2.75, 3.05) is 47.5 Å². The number of amides is 1. The number of carbonyl (C=O) groups is 2. The van der Waals surface area contributed by atoms with Crippen molar-refractivity contribution in [3.8, 4) is 17.2 Å². The minimum absolute atomic E-state index is 0.0534. The van der Waals surface area contributed by atoms with Crippen LogP contribution in [-0.4, -0.2) is 74.1 Å². The first kappa shape index (κ1) is 28.1. The van der Waals surface area contributed by atoms with E-state index in [1.807, 2.05) is 38.9 Å². The van der Waals surface area contributed by atoms with E-state index in [0.29, 0.717) is 54.7 Å². The van der Waals surface area contributed by atoms with E-state index in [1.165, 1.54) is 4.90 Å². The molecular weight excluding hydrogens is 472 g/mol. The smallest absolute Gasteiger partial charge is 0.295 e. The number of hydrogen-bond donors (Lipinski definition) is 1. The summed E-state index contributed by atoms with van der Waals surface area (Å²) in [7, 11) is 5.36. The summed E-state index contributed by atoms with van der Waals surface area (Å²) in [5.74, 6) is 0.203. The number of methoxy groups -OCH3 is 1. The van der Waals surface area contributed by atoms with Gasteiger partial charge in [0.25, 0.3) is 11.7 Å². The van der Waals surface area contributed by atoms with Gasteiger partial charge in [0.05, 0.1) is 31.9 Å². The molecular formula is C29H38N2O6. The Morgan fingerprint density at radius 2 is 1.81 bits per heavy atom. The second kappa shape index (κ2) is 12.6. The summed E-state index contributed by atoms with van der Waals surface area (Å²) in [5.41, 5.74) is 1.92. The highest BCUT2D eigenvalue weighted by Crippen LogP contribution is 2.42. The highest BCUT2D eigenvalue weighted by molar-refractivity contribution is 6.46. The van der Waals surface area contributed by atoms with Gasteiger partial charge in [0.1, 0.15) is 11.5 Å². The summed E-state index contributed by atoms with van der Waals surface area (Å²) >= 11 is 0. The van der Waals surface area contributed by atoms with Crippen molar-refractivity contribution in [3.63, 3.8) is 0 Å². The van der Waals surface area contributed by atoms with Crippen LogP contribution in [0.4, 0.5) is 0 Å². The van der Waals surface area contributed by atoms with Gasteiger partial charge in [-0.3, -0.25) is 9.59 Å². The predicted molar refractivity (Wildman–Crippen MR) is 143 cm³/mol. The van der Waals surface area contributed by atoms with Crippen molar-refractivity contribution >= 4 is 17.4 Å². The first-order valence-corrected chi connectivity index (χ1v) is 12.7. The number of hydrogen-bond acceptors (Lipinski definition) is 7. The Balaban J connectivity index is 2.13. The first-order valence-electron chi connectivity index (χ1n) is 12.7. The molecule has 2 aromatic rings. The SMILES string of the molecule is CCCCOc1ccc(C2/C(=C(\O)c3ccc(OCC)cc3C)C(=O)C(=O)N2CCN(C)C)cc1OC. The molecule has 1 saturated heterocycles. The molecule has 8 heteroatoms. The van der Waals surface area contributed by atoms with Crippen molar-refractivity contribution in [2.45, 2.75) is 39.7 Å². The molecule has 0 spiro atoms. The zero-order valence-corrected chi connectivity index (χ0v) is 22.7. The molecule has 1 fully saturated rings. The summed E-state index contributed by atoms with van der Waals surface area (Å²) in [6, 6.07) is 9.88. The third-order valence-corrected chi connectivity index (χ3v) is 6.35. The van der Waals surface area contributed by atoms with Crippen LogP contribution in [0.5, 0.6) is 17.2 Å². The molecule has 1 amide bonds. The molecule has 37 heavy (non-hydrogen) atoms. The van der Waals surface area contributed by atoms with Crippen LogP contribution in [0.3, 0.4) is 0 Å². The van der Waals surface area contributed by atoms with Crippen LogP contribution in [-0.2, 0) is 9.59 Å². The van der Waals surface area contributed by atoms with Crippen LogP contribution in [0.2, 0.25) is 0 Å². The van der Waals surface area contributed by atoms with E-state index in [0.717, 1.165) is 18.4 Å². The first-order chi connectivity index (χ1) is 17.7. The molecule has 3 rings (SSSR count). The second-order valence-electron chi connectivity index (χ2n) is 9.32. The molecule has 1 aliphatic heterocycles. The lowest BCUT2D eigenvalue weighted by Gasteiger charge is -2.27. The predicted octanol–water partition coefficient (Wildman–Crippen LogP) is 4.56. The van der Waals surface area contributed by atoms with Crippen LogP contribution in [0.25, 0.3) is 5.76 Å². The summed E-state index contributed by atoms with van der Waals surface area (Å²) < 4.78 is 17.0. The third-order valence-electron chi connectivity index (χ3n) is 6.35. The molecule has 0 bridgehead atoms. The minimum Gasteiger partial charge on any atom is -0.507 e. The van der Waals surface area contributed by atoms with E-state index in [4.69, 9.17) is 14.2 Å². The monoisotopic (exact) mass is 510 g/mol. The van der Waals surface area contributed by atoms with Crippen molar-refractivity contribution in [3.05, 3.63) is 58.7 Å². The van der Waals surface area contributed by atoms with Gasteiger partial charge < -0.3 is 29.1 Å². The van der Waals surface area contributed by atoms with Gasteiger partial charge in [0.2, 0.25) is 0 Å². The molecule has 0 aromatic heterocycles. The number of nitrogens with zero attached hydrogens (tertiary/aromatic N) is 2. The Kier molecular flexibility index (Phi) is 9.58. The molecule has 200 valence electrons. The van der Waals surface area contributed by atoms with E-state index in [2.05, 4.69) is 6.92 Å². The Labute approximate surface area is 219 Å². The molecule has 1 atom stereocenters. The number of ether oxygens (including phenoxy) is 3.